The summed E-state index contributed by atoms with van der Waals surface area (Å²) in [6.45, 7) is 5.46. The predicted octanol–water partition coefficient (Wildman–Crippen LogP) is 3.68. The van der Waals surface area contributed by atoms with Crippen molar-refractivity contribution in [2.75, 3.05) is 50.8 Å². The quantitative estimate of drug-likeness (QED) is 0.687. The van der Waals surface area contributed by atoms with Crippen LogP contribution in [0.5, 0.6) is 0 Å². The molecule has 0 saturated carbocycles. The Hall–Kier alpha value is -2.97. The van der Waals surface area contributed by atoms with Crippen molar-refractivity contribution in [3.8, 4) is 0 Å². The minimum atomic E-state index is -0.631. The summed E-state index contributed by atoms with van der Waals surface area (Å²) in [6.07, 6.45) is 1.60. The third kappa shape index (κ3) is 4.79. The van der Waals surface area contributed by atoms with Gasteiger partial charge < -0.3 is 14.4 Å². The van der Waals surface area contributed by atoms with Crippen LogP contribution in [0.4, 0.5) is 14.9 Å². The van der Waals surface area contributed by atoms with E-state index in [1.807, 2.05) is 29.2 Å². The number of nitrogens with zero attached hydrogens (tertiary/aromatic N) is 3. The van der Waals surface area contributed by atoms with Crippen molar-refractivity contribution in [2.24, 2.45) is 0 Å². The topological polar surface area (TPSA) is 62.3 Å². The van der Waals surface area contributed by atoms with Gasteiger partial charge in [-0.15, -0.1) is 0 Å². The van der Waals surface area contributed by atoms with E-state index in [0.29, 0.717) is 38.2 Å². The Morgan fingerprint density at radius 1 is 0.971 bits per heavy atom. The average molecular weight is 468 g/mol. The molecule has 2 aromatic rings. The number of carbonyl (C=O) groups excluding carboxylic acids is 2. The van der Waals surface area contributed by atoms with Crippen LogP contribution in [-0.2, 0) is 16.0 Å². The first-order valence-corrected chi connectivity index (χ1v) is 12.0. The molecule has 1 spiro atoms. The molecular formula is C26H30FN3O4. The average Bonchev–Trinajstić information content (AvgIpc) is 3.04. The number of halogens is 1. The summed E-state index contributed by atoms with van der Waals surface area (Å²) in [6, 6.07) is 13.7. The number of amides is 2. The summed E-state index contributed by atoms with van der Waals surface area (Å²) in [5.74, 6) is -0.316. The molecular weight excluding hydrogens is 437 g/mol. The van der Waals surface area contributed by atoms with Gasteiger partial charge in [0.1, 0.15) is 11.4 Å². The SMILES string of the molecule is O=C(c1ccccc1CN1CCOCC1)N1CCCC2(CC1)CN(c1ccc(F)cc1)C(=O)O2. The molecule has 3 aliphatic heterocycles. The van der Waals surface area contributed by atoms with E-state index in [1.165, 1.54) is 12.1 Å². The molecule has 2 aromatic carbocycles. The molecule has 3 aliphatic rings. The molecule has 0 radical (unpaired) electrons. The van der Waals surface area contributed by atoms with Crippen molar-refractivity contribution in [1.29, 1.82) is 0 Å². The highest BCUT2D eigenvalue weighted by atomic mass is 19.1. The number of anilines is 1. The van der Waals surface area contributed by atoms with Gasteiger partial charge in [0.05, 0.1) is 19.8 Å². The van der Waals surface area contributed by atoms with Crippen LogP contribution in [0.1, 0.15) is 35.2 Å². The van der Waals surface area contributed by atoms with Crippen molar-refractivity contribution < 1.29 is 23.5 Å². The highest BCUT2D eigenvalue weighted by Gasteiger charge is 2.46. The first kappa shape index (κ1) is 22.8. The second-order valence-corrected chi connectivity index (χ2v) is 9.30. The molecule has 180 valence electrons. The molecule has 0 aliphatic carbocycles. The van der Waals surface area contributed by atoms with Crippen LogP contribution in [-0.4, -0.2) is 73.3 Å². The van der Waals surface area contributed by atoms with Crippen LogP contribution in [0.2, 0.25) is 0 Å². The minimum absolute atomic E-state index is 0.0284. The molecule has 8 heteroatoms. The molecule has 0 aromatic heterocycles. The molecule has 0 N–H and O–H groups in total. The van der Waals surface area contributed by atoms with Crippen molar-refractivity contribution in [2.45, 2.75) is 31.4 Å². The summed E-state index contributed by atoms with van der Waals surface area (Å²) < 4.78 is 24.6. The van der Waals surface area contributed by atoms with E-state index in [9.17, 15) is 14.0 Å². The number of ether oxygens (including phenoxy) is 2. The number of morpholine rings is 1. The summed E-state index contributed by atoms with van der Waals surface area (Å²) in [5.41, 5.74) is 1.76. The normalized spacial score (nSPS) is 23.7. The van der Waals surface area contributed by atoms with Gasteiger partial charge in [-0.2, -0.15) is 0 Å². The number of benzene rings is 2. The van der Waals surface area contributed by atoms with E-state index in [0.717, 1.165) is 50.4 Å². The zero-order valence-corrected chi connectivity index (χ0v) is 19.2. The Morgan fingerprint density at radius 2 is 1.74 bits per heavy atom. The lowest BCUT2D eigenvalue weighted by Gasteiger charge is -2.28. The molecule has 3 fully saturated rings. The van der Waals surface area contributed by atoms with E-state index in [4.69, 9.17) is 9.47 Å². The van der Waals surface area contributed by atoms with Gasteiger partial charge in [0.15, 0.2) is 0 Å². The smallest absolute Gasteiger partial charge is 0.415 e. The number of rotatable bonds is 4. The summed E-state index contributed by atoms with van der Waals surface area (Å²) in [5, 5.41) is 0. The Labute approximate surface area is 199 Å². The third-order valence-corrected chi connectivity index (χ3v) is 7.04. The largest absolute Gasteiger partial charge is 0.441 e. The minimum Gasteiger partial charge on any atom is -0.441 e. The van der Waals surface area contributed by atoms with Gasteiger partial charge in [0.2, 0.25) is 0 Å². The highest BCUT2D eigenvalue weighted by molar-refractivity contribution is 5.96. The monoisotopic (exact) mass is 467 g/mol. The molecule has 7 nitrogen and oxygen atoms in total. The fraction of sp³-hybridized carbons (Fsp3) is 0.462. The Morgan fingerprint density at radius 3 is 2.53 bits per heavy atom. The molecule has 3 heterocycles. The molecule has 34 heavy (non-hydrogen) atoms. The maximum atomic E-state index is 13.5. The first-order chi connectivity index (χ1) is 16.5. The zero-order valence-electron chi connectivity index (χ0n) is 19.2. The second-order valence-electron chi connectivity index (χ2n) is 9.30. The highest BCUT2D eigenvalue weighted by Crippen LogP contribution is 2.36. The number of hydrogen-bond donors (Lipinski definition) is 0. The maximum absolute atomic E-state index is 13.5. The van der Waals surface area contributed by atoms with Gasteiger partial charge in [-0.25, -0.2) is 9.18 Å². The molecule has 1 unspecified atom stereocenters. The van der Waals surface area contributed by atoms with Crippen LogP contribution >= 0.6 is 0 Å². The second kappa shape index (κ2) is 9.72. The van der Waals surface area contributed by atoms with Crippen LogP contribution in [0.15, 0.2) is 48.5 Å². The van der Waals surface area contributed by atoms with Gasteiger partial charge >= 0.3 is 6.09 Å². The van der Waals surface area contributed by atoms with E-state index >= 15 is 0 Å². The van der Waals surface area contributed by atoms with Gasteiger partial charge in [-0.05, 0) is 48.7 Å². The molecule has 1 atom stereocenters. The maximum Gasteiger partial charge on any atom is 0.415 e. The summed E-state index contributed by atoms with van der Waals surface area (Å²) >= 11 is 0. The molecule has 3 saturated heterocycles. The lowest BCUT2D eigenvalue weighted by atomic mass is 9.95. The van der Waals surface area contributed by atoms with Crippen molar-refractivity contribution in [3.05, 3.63) is 65.5 Å². The standard InChI is InChI=1S/C26H30FN3O4/c27-21-6-8-22(9-7-21)30-19-26(34-25(30)32)10-3-12-29(13-11-26)24(31)23-5-2-1-4-20(23)18-28-14-16-33-17-15-28/h1-2,4-9H,3,10-19H2. The summed E-state index contributed by atoms with van der Waals surface area (Å²) in [7, 11) is 0. The van der Waals surface area contributed by atoms with Gasteiger partial charge in [-0.1, -0.05) is 18.2 Å². The van der Waals surface area contributed by atoms with Crippen LogP contribution in [0.3, 0.4) is 0 Å². The fourth-order valence-electron chi connectivity index (χ4n) is 5.11. The number of hydrogen-bond acceptors (Lipinski definition) is 5. The molecule has 0 bridgehead atoms. The summed E-state index contributed by atoms with van der Waals surface area (Å²) in [4.78, 5) is 31.9. The van der Waals surface area contributed by atoms with Crippen LogP contribution < -0.4 is 4.90 Å². The van der Waals surface area contributed by atoms with Gasteiger partial charge in [0.25, 0.3) is 5.91 Å². The Bertz CT molecular complexity index is 1040. The number of likely N-dealkylation sites (tertiary alicyclic amines) is 1. The third-order valence-electron chi connectivity index (χ3n) is 7.04. The fourth-order valence-corrected chi connectivity index (χ4v) is 5.11. The molecule has 5 rings (SSSR count). The van der Waals surface area contributed by atoms with Crippen molar-refractivity contribution in [1.82, 2.24) is 9.80 Å². The van der Waals surface area contributed by atoms with E-state index in [2.05, 4.69) is 4.90 Å². The zero-order chi connectivity index (χ0) is 23.5. The lowest BCUT2D eigenvalue weighted by Crippen LogP contribution is -2.38. The number of carbonyl (C=O) groups is 2. The van der Waals surface area contributed by atoms with E-state index in [-0.39, 0.29) is 11.7 Å². The van der Waals surface area contributed by atoms with Crippen molar-refractivity contribution in [3.63, 3.8) is 0 Å². The van der Waals surface area contributed by atoms with Crippen LogP contribution in [0.25, 0.3) is 0 Å². The van der Waals surface area contributed by atoms with E-state index < -0.39 is 11.7 Å². The first-order valence-electron chi connectivity index (χ1n) is 12.0. The van der Waals surface area contributed by atoms with Crippen LogP contribution in [0, 0.1) is 5.82 Å². The van der Waals surface area contributed by atoms with Crippen molar-refractivity contribution >= 4 is 17.7 Å². The Kier molecular flexibility index (Phi) is 6.52. The predicted molar refractivity (Wildman–Crippen MR) is 125 cm³/mol. The van der Waals surface area contributed by atoms with E-state index in [1.54, 1.807) is 17.0 Å². The Balaban J connectivity index is 1.27. The lowest BCUT2D eigenvalue weighted by molar-refractivity contribution is 0.0339. The molecule has 2 amide bonds. The van der Waals surface area contributed by atoms with Gasteiger partial charge in [0, 0.05) is 50.4 Å². The van der Waals surface area contributed by atoms with Gasteiger partial charge in [-0.3, -0.25) is 14.6 Å².